The van der Waals surface area contributed by atoms with E-state index in [9.17, 15) is 4.79 Å². The van der Waals surface area contributed by atoms with Gasteiger partial charge in [-0.25, -0.2) is 0 Å². The van der Waals surface area contributed by atoms with Crippen molar-refractivity contribution < 1.29 is 9.53 Å². The molecule has 0 saturated carbocycles. The van der Waals surface area contributed by atoms with Crippen molar-refractivity contribution in [1.82, 2.24) is 0 Å². The lowest BCUT2D eigenvalue weighted by Crippen LogP contribution is -1.96. The molecule has 0 aliphatic heterocycles. The van der Waals surface area contributed by atoms with Gasteiger partial charge in [0.15, 0.2) is 0 Å². The van der Waals surface area contributed by atoms with E-state index in [0.717, 1.165) is 0 Å². The molecule has 0 N–H and O–H groups in total. The van der Waals surface area contributed by atoms with Crippen LogP contribution in [0.4, 0.5) is 0 Å². The summed E-state index contributed by atoms with van der Waals surface area (Å²) in [7, 11) is 0. The minimum absolute atomic E-state index is 0.255. The second kappa shape index (κ2) is 4.09. The van der Waals surface area contributed by atoms with Gasteiger partial charge in [0.2, 0.25) is 0 Å². The molecule has 10 heavy (non-hydrogen) atoms. The maximum absolute atomic E-state index is 10.4. The van der Waals surface area contributed by atoms with Crippen LogP contribution in [0.3, 0.4) is 0 Å². The average molecular weight is 142 g/mol. The molecule has 0 heterocycles. The molecule has 0 spiro atoms. The molecule has 0 aromatic rings. The van der Waals surface area contributed by atoms with E-state index in [1.165, 1.54) is 6.92 Å². The minimum atomic E-state index is -0.255. The number of carbonyl (C=O) groups excluding carboxylic acids is 1. The average Bonchev–Trinajstić information content (AvgIpc) is 1.58. The van der Waals surface area contributed by atoms with Crippen molar-refractivity contribution in [3.63, 3.8) is 0 Å². The summed E-state index contributed by atoms with van der Waals surface area (Å²) in [6.45, 7) is 7.25. The highest BCUT2D eigenvalue weighted by atomic mass is 16.5. The highest BCUT2D eigenvalue weighted by molar-refractivity contribution is 5.67. The fourth-order valence-corrected chi connectivity index (χ4v) is 0.730. The number of allylic oxidation sites excluding steroid dienone is 2. The van der Waals surface area contributed by atoms with Crippen molar-refractivity contribution in [3.05, 3.63) is 11.8 Å². The van der Waals surface area contributed by atoms with Crippen molar-refractivity contribution >= 4 is 5.97 Å². The highest BCUT2D eigenvalue weighted by Gasteiger charge is 1.95. The van der Waals surface area contributed by atoms with E-state index in [4.69, 9.17) is 4.74 Å². The Kier molecular flexibility index (Phi) is 3.77. The van der Waals surface area contributed by atoms with Crippen LogP contribution < -0.4 is 0 Å². The van der Waals surface area contributed by atoms with Crippen LogP contribution in [0.25, 0.3) is 0 Å². The molecule has 0 atom stereocenters. The summed E-state index contributed by atoms with van der Waals surface area (Å²) in [5.41, 5.74) is 0. The monoisotopic (exact) mass is 142 g/mol. The van der Waals surface area contributed by atoms with Crippen LogP contribution in [0.5, 0.6) is 0 Å². The Balaban J connectivity index is 3.82. The third-order valence-electron chi connectivity index (χ3n) is 0.873. The maximum atomic E-state index is 10.4. The molecular formula is C8H14O2. The Morgan fingerprint density at radius 3 is 2.20 bits per heavy atom. The molecule has 0 aromatic carbocycles. The number of carbonyl (C=O) groups is 1. The fraction of sp³-hybridized carbons (Fsp3) is 0.625. The first kappa shape index (κ1) is 9.21. The van der Waals surface area contributed by atoms with Gasteiger partial charge in [-0.2, -0.15) is 0 Å². The van der Waals surface area contributed by atoms with Gasteiger partial charge in [0, 0.05) is 6.92 Å². The predicted molar refractivity (Wildman–Crippen MR) is 40.4 cm³/mol. The molecule has 0 unspecified atom stereocenters. The summed E-state index contributed by atoms with van der Waals surface area (Å²) in [5, 5.41) is 0. The zero-order chi connectivity index (χ0) is 8.15. The van der Waals surface area contributed by atoms with Gasteiger partial charge < -0.3 is 4.74 Å². The first-order valence-electron chi connectivity index (χ1n) is 3.39. The number of esters is 1. The number of hydrogen-bond donors (Lipinski definition) is 0. The van der Waals surface area contributed by atoms with Gasteiger partial charge >= 0.3 is 5.97 Å². The molecule has 0 aliphatic carbocycles. The summed E-state index contributed by atoms with van der Waals surface area (Å²) >= 11 is 0. The highest BCUT2D eigenvalue weighted by Crippen LogP contribution is 2.02. The Hall–Kier alpha value is -0.790. The quantitative estimate of drug-likeness (QED) is 0.436. The zero-order valence-electron chi connectivity index (χ0n) is 6.97. The van der Waals surface area contributed by atoms with Crippen LogP contribution >= 0.6 is 0 Å². The molecule has 0 bridgehead atoms. The van der Waals surface area contributed by atoms with E-state index in [0.29, 0.717) is 11.7 Å². The van der Waals surface area contributed by atoms with Crippen molar-refractivity contribution in [1.29, 1.82) is 0 Å². The summed E-state index contributed by atoms with van der Waals surface area (Å²) < 4.78 is 4.78. The van der Waals surface area contributed by atoms with Crippen molar-refractivity contribution in [2.24, 2.45) is 5.92 Å². The summed E-state index contributed by atoms with van der Waals surface area (Å²) in [6, 6.07) is 0. The number of hydrogen-bond acceptors (Lipinski definition) is 2. The van der Waals surface area contributed by atoms with Crippen LogP contribution in [0.1, 0.15) is 27.7 Å². The van der Waals surface area contributed by atoms with Gasteiger partial charge in [-0.05, 0) is 18.9 Å². The van der Waals surface area contributed by atoms with E-state index in [1.807, 2.05) is 19.9 Å². The van der Waals surface area contributed by atoms with Crippen molar-refractivity contribution in [2.75, 3.05) is 0 Å². The van der Waals surface area contributed by atoms with Crippen LogP contribution in [0, 0.1) is 5.92 Å². The third-order valence-corrected chi connectivity index (χ3v) is 0.873. The lowest BCUT2D eigenvalue weighted by Gasteiger charge is -2.01. The van der Waals surface area contributed by atoms with E-state index in [1.54, 1.807) is 6.92 Å². The number of rotatable bonds is 2. The van der Waals surface area contributed by atoms with Crippen LogP contribution in [-0.4, -0.2) is 5.97 Å². The van der Waals surface area contributed by atoms with Gasteiger partial charge in [-0.15, -0.1) is 0 Å². The Labute approximate surface area is 61.9 Å². The molecule has 2 heteroatoms. The molecule has 0 aromatic heterocycles. The topological polar surface area (TPSA) is 26.3 Å². The van der Waals surface area contributed by atoms with Crippen molar-refractivity contribution in [3.8, 4) is 0 Å². The van der Waals surface area contributed by atoms with Gasteiger partial charge in [0.1, 0.15) is 5.76 Å². The van der Waals surface area contributed by atoms with E-state index in [2.05, 4.69) is 0 Å². The second-order valence-electron chi connectivity index (χ2n) is 2.61. The third kappa shape index (κ3) is 5.35. The maximum Gasteiger partial charge on any atom is 0.307 e. The minimum Gasteiger partial charge on any atom is -0.432 e. The smallest absolute Gasteiger partial charge is 0.307 e. The van der Waals surface area contributed by atoms with Gasteiger partial charge in [0.05, 0.1) is 0 Å². The van der Waals surface area contributed by atoms with Crippen molar-refractivity contribution in [2.45, 2.75) is 27.7 Å². The van der Waals surface area contributed by atoms with Crippen LogP contribution in [-0.2, 0) is 9.53 Å². The van der Waals surface area contributed by atoms with Gasteiger partial charge in [0.25, 0.3) is 0 Å². The Morgan fingerprint density at radius 1 is 1.40 bits per heavy atom. The SMILES string of the molecule is CC(=O)O/C(C)=C/C(C)C. The molecule has 0 aliphatic rings. The molecule has 0 amide bonds. The number of ether oxygens (including phenoxy) is 1. The largest absolute Gasteiger partial charge is 0.432 e. The summed E-state index contributed by atoms with van der Waals surface area (Å²) in [6.07, 6.45) is 1.90. The zero-order valence-corrected chi connectivity index (χ0v) is 6.97. The molecule has 0 radical (unpaired) electrons. The molecule has 2 nitrogen and oxygen atoms in total. The van der Waals surface area contributed by atoms with Gasteiger partial charge in [-0.1, -0.05) is 13.8 Å². The predicted octanol–water partition coefficient (Wildman–Crippen LogP) is 2.11. The fourth-order valence-electron chi connectivity index (χ4n) is 0.730. The van der Waals surface area contributed by atoms with Crippen LogP contribution in [0.15, 0.2) is 11.8 Å². The Bertz CT molecular complexity index is 145. The molecule has 58 valence electrons. The summed E-state index contributed by atoms with van der Waals surface area (Å²) in [5.74, 6) is 0.858. The Morgan fingerprint density at radius 2 is 1.90 bits per heavy atom. The van der Waals surface area contributed by atoms with Crippen LogP contribution in [0.2, 0.25) is 0 Å². The first-order valence-corrected chi connectivity index (χ1v) is 3.39. The lowest BCUT2D eigenvalue weighted by atomic mass is 10.2. The lowest BCUT2D eigenvalue weighted by molar-refractivity contribution is -0.136. The molecular weight excluding hydrogens is 128 g/mol. The van der Waals surface area contributed by atoms with E-state index < -0.39 is 0 Å². The normalized spacial score (nSPS) is 11.9. The second-order valence-corrected chi connectivity index (χ2v) is 2.61. The molecule has 0 saturated heterocycles. The molecule has 0 fully saturated rings. The first-order chi connectivity index (χ1) is 4.52. The van der Waals surface area contributed by atoms with E-state index >= 15 is 0 Å². The van der Waals surface area contributed by atoms with E-state index in [-0.39, 0.29) is 5.97 Å². The summed E-state index contributed by atoms with van der Waals surface area (Å²) in [4.78, 5) is 10.4. The molecule has 0 rings (SSSR count). The standard InChI is InChI=1S/C8H14O2/c1-6(2)5-7(3)10-8(4)9/h5-6H,1-4H3/b7-5+. The van der Waals surface area contributed by atoms with Gasteiger partial charge in [-0.3, -0.25) is 4.79 Å².